The lowest BCUT2D eigenvalue weighted by atomic mass is 9.90. The Labute approximate surface area is 389 Å². The van der Waals surface area contributed by atoms with E-state index in [9.17, 15) is 19.2 Å². The van der Waals surface area contributed by atoms with Crippen LogP contribution in [0.2, 0.25) is 0 Å². The Morgan fingerprint density at radius 2 is 1.48 bits per heavy atom. The second kappa shape index (κ2) is 18.6. The molecular formula is C50H58F2N8O7. The molecule has 0 bridgehead atoms. The fourth-order valence-electron chi connectivity index (χ4n) is 9.59. The third-order valence-electron chi connectivity index (χ3n) is 13.2. The van der Waals surface area contributed by atoms with Crippen LogP contribution in [0.25, 0.3) is 44.5 Å². The Kier molecular flexibility index (Phi) is 12.5. The van der Waals surface area contributed by atoms with E-state index in [1.54, 1.807) is 53.6 Å². The second-order valence-corrected chi connectivity index (χ2v) is 17.6. The number of methoxy groups -OCH3 is 2. The highest BCUT2D eigenvalue weighted by atomic mass is 19.3. The largest absolute Gasteiger partial charge is 0.453 e. The zero-order valence-electron chi connectivity index (χ0n) is 37.5. The molecule has 9 rings (SSSR count). The number of alkyl carbamates (subject to hydrolysis) is 2. The summed E-state index contributed by atoms with van der Waals surface area (Å²) >= 11 is 0. The van der Waals surface area contributed by atoms with E-state index in [-0.39, 0.29) is 45.1 Å². The molecule has 3 aliphatic rings. The molecule has 2 fully saturated rings. The smallest absolute Gasteiger partial charge is 0.407 e. The maximum absolute atomic E-state index is 16.6. The van der Waals surface area contributed by atoms with Crippen LogP contribution in [-0.2, 0) is 29.7 Å². The molecular weight excluding hydrogens is 863 g/mol. The van der Waals surface area contributed by atoms with E-state index in [4.69, 9.17) is 19.2 Å². The number of rotatable bonds is 12. The number of nitrogens with zero attached hydrogens (tertiary/aromatic N) is 3. The molecule has 0 unspecified atom stereocenters. The van der Waals surface area contributed by atoms with Gasteiger partial charge in [-0.3, -0.25) is 9.59 Å². The summed E-state index contributed by atoms with van der Waals surface area (Å²) in [6, 6.07) is 21.9. The van der Waals surface area contributed by atoms with Gasteiger partial charge in [-0.2, -0.15) is 8.78 Å². The Bertz CT molecular complexity index is 2840. The quantitative estimate of drug-likeness (QED) is 0.0796. The number of hydrogen-bond donors (Lipinski definition) is 5. The molecule has 2 saturated heterocycles. The van der Waals surface area contributed by atoms with Crippen molar-refractivity contribution in [2.24, 2.45) is 11.8 Å². The van der Waals surface area contributed by atoms with Crippen LogP contribution in [0.3, 0.4) is 0 Å². The number of nitrogens with one attached hydrogen (secondary N) is 5. The molecule has 6 aromatic rings. The van der Waals surface area contributed by atoms with Gasteiger partial charge in [0.05, 0.1) is 49.2 Å². The number of carbonyl (C=O) groups is 4. The second-order valence-electron chi connectivity index (χ2n) is 17.6. The molecule has 15 nitrogen and oxygen atoms in total. The molecule has 0 radical (unpaired) electrons. The van der Waals surface area contributed by atoms with E-state index in [1.165, 1.54) is 26.4 Å². The molecule has 5 N–H and O–H groups in total. The van der Waals surface area contributed by atoms with Crippen LogP contribution >= 0.6 is 0 Å². The Morgan fingerprint density at radius 1 is 0.821 bits per heavy atom. The minimum Gasteiger partial charge on any atom is -0.453 e. The van der Waals surface area contributed by atoms with Gasteiger partial charge in [0, 0.05) is 40.7 Å². The minimum atomic E-state index is -3.32. The molecule has 4 atom stereocenters. The molecule has 2 aromatic heterocycles. The predicted octanol–water partition coefficient (Wildman–Crippen LogP) is 9.20. The fourth-order valence-corrected chi connectivity index (χ4v) is 9.59. The Balaban J connectivity index is 0.00000268. The fraction of sp³-hybridized carbons (Fsp3) is 0.360. The number of aromatic nitrogens is 4. The summed E-state index contributed by atoms with van der Waals surface area (Å²) in [7, 11) is 2.49. The van der Waals surface area contributed by atoms with Crippen molar-refractivity contribution >= 4 is 35.0 Å². The third-order valence-corrected chi connectivity index (χ3v) is 13.2. The predicted molar refractivity (Wildman–Crippen MR) is 251 cm³/mol. The van der Waals surface area contributed by atoms with Crippen molar-refractivity contribution in [2.45, 2.75) is 69.6 Å². The van der Waals surface area contributed by atoms with Crippen molar-refractivity contribution in [2.75, 3.05) is 34.0 Å². The number of fused-ring (bicyclic) bond motifs is 4. The lowest BCUT2D eigenvalue weighted by Crippen LogP contribution is -2.53. The maximum atomic E-state index is 16.6. The summed E-state index contributed by atoms with van der Waals surface area (Å²) < 4.78 is 48.4. The van der Waals surface area contributed by atoms with E-state index in [0.717, 1.165) is 6.42 Å². The van der Waals surface area contributed by atoms with Crippen LogP contribution in [-0.4, -0.2) is 88.9 Å². The highest BCUT2D eigenvalue weighted by Gasteiger charge is 2.45. The topological polar surface area (TPSA) is 193 Å². The SMILES string of the molecule is COC(=O)N[C@H](C(=O)N[C@H](c1ncc(-c2ccc3c(c2)C(F)(F)c2cc(-c4ccc5nc([C@@H]6CCCN6C(=O)[C@H](NC(=O)OC)c6ccccc6)[nH]c5c4)ccc2-3)[nH]1)C(C)C)C1CCOCC1.[HH].[HH].[HH]. The summed E-state index contributed by atoms with van der Waals surface area (Å²) in [5.41, 5.74) is 4.93. The number of halogens is 2. The van der Waals surface area contributed by atoms with Crippen molar-refractivity contribution in [3.63, 3.8) is 0 Å². The van der Waals surface area contributed by atoms with E-state index in [0.29, 0.717) is 101 Å². The number of alkyl halides is 2. The third kappa shape index (κ3) is 8.82. The Morgan fingerprint density at radius 3 is 2.18 bits per heavy atom. The normalized spacial score (nSPS) is 17.9. The summed E-state index contributed by atoms with van der Waals surface area (Å²) in [4.78, 5) is 70.2. The summed E-state index contributed by atoms with van der Waals surface area (Å²) in [6.45, 7) is 5.29. The average Bonchev–Trinajstić information content (AvgIpc) is 4.17. The van der Waals surface area contributed by atoms with Gasteiger partial charge in [-0.25, -0.2) is 19.6 Å². The van der Waals surface area contributed by atoms with Gasteiger partial charge in [-0.1, -0.05) is 74.5 Å². The first-order valence-corrected chi connectivity index (χ1v) is 22.5. The maximum Gasteiger partial charge on any atom is 0.407 e. The summed E-state index contributed by atoms with van der Waals surface area (Å²) in [6.07, 6.45) is 2.74. The molecule has 2 aliphatic heterocycles. The number of amides is 4. The van der Waals surface area contributed by atoms with E-state index >= 15 is 8.78 Å². The highest BCUT2D eigenvalue weighted by Crippen LogP contribution is 2.53. The monoisotopic (exact) mass is 920 g/mol. The van der Waals surface area contributed by atoms with Crippen molar-refractivity contribution in [1.29, 1.82) is 0 Å². The molecule has 4 heterocycles. The van der Waals surface area contributed by atoms with Crippen LogP contribution in [0.4, 0.5) is 18.4 Å². The van der Waals surface area contributed by atoms with Crippen LogP contribution in [0, 0.1) is 11.8 Å². The van der Waals surface area contributed by atoms with Crippen LogP contribution in [0.1, 0.15) is 90.3 Å². The lowest BCUT2D eigenvalue weighted by Gasteiger charge is -2.31. The van der Waals surface area contributed by atoms with Gasteiger partial charge in [0.15, 0.2) is 0 Å². The van der Waals surface area contributed by atoms with Crippen molar-refractivity contribution < 1.29 is 46.4 Å². The molecule has 67 heavy (non-hydrogen) atoms. The average molecular weight is 921 g/mol. The van der Waals surface area contributed by atoms with Gasteiger partial charge in [0.1, 0.15) is 23.7 Å². The molecule has 17 heteroatoms. The number of aromatic amines is 2. The van der Waals surface area contributed by atoms with E-state index < -0.39 is 36.2 Å². The van der Waals surface area contributed by atoms with Gasteiger partial charge in [-0.15, -0.1) is 0 Å². The summed E-state index contributed by atoms with van der Waals surface area (Å²) in [5, 5.41) is 8.43. The van der Waals surface area contributed by atoms with Crippen LogP contribution in [0.15, 0.2) is 91.1 Å². The molecule has 0 spiro atoms. The molecule has 1 aliphatic carbocycles. The summed E-state index contributed by atoms with van der Waals surface area (Å²) in [5.74, 6) is -3.21. The number of likely N-dealkylation sites (tertiary alicyclic amines) is 1. The number of carbonyl (C=O) groups excluding carboxylic acids is 4. The highest BCUT2D eigenvalue weighted by molar-refractivity contribution is 5.89. The number of hydrogen-bond acceptors (Lipinski definition) is 9. The molecule has 0 saturated carbocycles. The number of imidazole rings is 2. The zero-order chi connectivity index (χ0) is 47.0. The van der Waals surface area contributed by atoms with Gasteiger partial charge in [0.2, 0.25) is 5.91 Å². The first-order valence-electron chi connectivity index (χ1n) is 22.5. The standard InChI is InChI=1S/C50H52F2N8O7.3H2/c1-27(2)41(57-46(61)42(58-48(63)65-3)29-18-21-67-22-19-29)45-53-26-39(56-45)32-13-16-34-33-15-12-30(23-35(33)50(51,52)36(34)24-32)31-14-17-37-38(25-31)55-44(54-37)40-11-8-20-60(40)47(62)43(59-49(64)66-4)28-9-6-5-7-10-28;;;/h5-7,9-10,12-17,23-27,29,40-43H,8,11,18-22H2,1-4H3,(H,53,56)(H,54,55)(H,57,61)(H,58,63)(H,59,64);3*1H/t40-,41-,42-,43+;;;/m0.../s1. The Hall–Kier alpha value is -7.14. The van der Waals surface area contributed by atoms with Gasteiger partial charge in [-0.05, 0) is 89.6 Å². The van der Waals surface area contributed by atoms with Crippen molar-refractivity contribution in [3.8, 4) is 33.5 Å². The molecule has 4 aromatic carbocycles. The van der Waals surface area contributed by atoms with E-state index in [2.05, 4.69) is 30.9 Å². The van der Waals surface area contributed by atoms with Crippen molar-refractivity contribution in [1.82, 2.24) is 40.8 Å². The van der Waals surface area contributed by atoms with Crippen LogP contribution in [0.5, 0.6) is 0 Å². The molecule has 4 amide bonds. The van der Waals surface area contributed by atoms with Gasteiger partial charge in [0.25, 0.3) is 11.8 Å². The van der Waals surface area contributed by atoms with Gasteiger partial charge >= 0.3 is 12.2 Å². The van der Waals surface area contributed by atoms with E-state index in [1.807, 2.05) is 44.2 Å². The van der Waals surface area contributed by atoms with Crippen molar-refractivity contribution in [3.05, 3.63) is 119 Å². The molecule has 354 valence electrons. The minimum absolute atomic E-state index is 0. The number of ether oxygens (including phenoxy) is 3. The number of H-pyrrole nitrogens is 2. The lowest BCUT2D eigenvalue weighted by molar-refractivity contribution is -0.134. The first kappa shape index (κ1) is 45.0. The zero-order valence-corrected chi connectivity index (χ0v) is 37.5. The number of benzene rings is 4. The first-order chi connectivity index (χ1) is 32.3. The van der Waals surface area contributed by atoms with Crippen LogP contribution < -0.4 is 16.0 Å². The van der Waals surface area contributed by atoms with Gasteiger partial charge < -0.3 is 45.0 Å².